The molecule has 0 amide bonds. The summed E-state index contributed by atoms with van der Waals surface area (Å²) in [7, 11) is 3.80. The lowest BCUT2D eigenvalue weighted by atomic mass is 10.2. The third-order valence-electron chi connectivity index (χ3n) is 3.00. The minimum atomic E-state index is 0.420. The van der Waals surface area contributed by atoms with Gasteiger partial charge in [-0.3, -0.25) is 4.68 Å². The zero-order chi connectivity index (χ0) is 14.7. The number of nitrogens with one attached hydrogen (secondary N) is 1. The Morgan fingerprint density at radius 1 is 1.45 bits per heavy atom. The molecule has 4 nitrogen and oxygen atoms in total. The third-order valence-corrected chi connectivity index (χ3v) is 4.33. The van der Waals surface area contributed by atoms with Gasteiger partial charge in [0.15, 0.2) is 0 Å². The molecule has 1 heterocycles. The lowest BCUT2D eigenvalue weighted by Gasteiger charge is -2.10. The Labute approximate surface area is 132 Å². The molecule has 0 fully saturated rings. The fourth-order valence-electron chi connectivity index (χ4n) is 1.96. The van der Waals surface area contributed by atoms with Crippen molar-refractivity contribution in [3.8, 4) is 5.75 Å². The number of aromatic nitrogens is 2. The van der Waals surface area contributed by atoms with Gasteiger partial charge < -0.3 is 10.1 Å². The lowest BCUT2D eigenvalue weighted by Crippen LogP contribution is -2.06. The number of nitrogens with zero attached hydrogens (tertiary/aromatic N) is 2. The first kappa shape index (κ1) is 15.4. The Bertz CT molecular complexity index is 613. The molecule has 20 heavy (non-hydrogen) atoms. The van der Waals surface area contributed by atoms with E-state index in [1.165, 1.54) is 0 Å². The van der Waals surface area contributed by atoms with Crippen molar-refractivity contribution in [1.82, 2.24) is 15.1 Å². The molecule has 0 saturated carbocycles. The van der Waals surface area contributed by atoms with Crippen molar-refractivity contribution in [3.05, 3.63) is 44.6 Å². The molecule has 0 radical (unpaired) electrons. The van der Waals surface area contributed by atoms with Gasteiger partial charge >= 0.3 is 0 Å². The van der Waals surface area contributed by atoms with Gasteiger partial charge in [-0.25, -0.2) is 0 Å². The molecule has 0 atom stereocenters. The van der Waals surface area contributed by atoms with Gasteiger partial charge in [-0.15, -0.1) is 0 Å². The molecule has 108 valence electrons. The van der Waals surface area contributed by atoms with Crippen molar-refractivity contribution in [1.29, 1.82) is 0 Å². The smallest absolute Gasteiger partial charge is 0.138 e. The van der Waals surface area contributed by atoms with Gasteiger partial charge in [0.25, 0.3) is 0 Å². The second kappa shape index (κ2) is 6.61. The number of hydrogen-bond acceptors (Lipinski definition) is 3. The predicted molar refractivity (Wildman–Crippen MR) is 84.2 cm³/mol. The normalized spacial score (nSPS) is 10.8. The van der Waals surface area contributed by atoms with Crippen molar-refractivity contribution in [3.63, 3.8) is 0 Å². The highest BCUT2D eigenvalue weighted by Crippen LogP contribution is 2.28. The molecular formula is C14H17BrClN3O. The van der Waals surface area contributed by atoms with Gasteiger partial charge in [-0.05, 0) is 47.6 Å². The molecule has 1 aromatic heterocycles. The standard InChI is InChI=1S/C14H17BrClN3O/c1-9-14(15)12(19(3)18-9)8-20-13-5-4-10(7-17-2)6-11(13)16/h4-6,17H,7-8H2,1-3H3. The summed E-state index contributed by atoms with van der Waals surface area (Å²) in [4.78, 5) is 0. The van der Waals surface area contributed by atoms with E-state index in [0.717, 1.165) is 28.0 Å². The van der Waals surface area contributed by atoms with Crippen LogP contribution < -0.4 is 10.1 Å². The van der Waals surface area contributed by atoms with E-state index < -0.39 is 0 Å². The number of ether oxygens (including phenoxy) is 1. The lowest BCUT2D eigenvalue weighted by molar-refractivity contribution is 0.294. The van der Waals surface area contributed by atoms with E-state index in [4.69, 9.17) is 16.3 Å². The Balaban J connectivity index is 2.11. The van der Waals surface area contributed by atoms with Crippen LogP contribution in [0.2, 0.25) is 5.02 Å². The van der Waals surface area contributed by atoms with Crippen molar-refractivity contribution >= 4 is 27.5 Å². The molecule has 0 spiro atoms. The molecular weight excluding hydrogens is 342 g/mol. The second-order valence-electron chi connectivity index (χ2n) is 4.55. The van der Waals surface area contributed by atoms with Gasteiger partial charge in [-0.1, -0.05) is 17.7 Å². The zero-order valence-corrected chi connectivity index (χ0v) is 14.0. The highest BCUT2D eigenvalue weighted by molar-refractivity contribution is 9.10. The topological polar surface area (TPSA) is 39.1 Å². The molecule has 0 aliphatic carbocycles. The number of aryl methyl sites for hydroxylation is 2. The van der Waals surface area contributed by atoms with Gasteiger partial charge in [-0.2, -0.15) is 5.10 Å². The number of hydrogen-bond donors (Lipinski definition) is 1. The zero-order valence-electron chi connectivity index (χ0n) is 11.7. The summed E-state index contributed by atoms with van der Waals surface area (Å²) in [5, 5.41) is 8.04. The number of benzene rings is 1. The van der Waals surface area contributed by atoms with Crippen molar-refractivity contribution in [2.24, 2.45) is 7.05 Å². The number of rotatable bonds is 5. The molecule has 0 saturated heterocycles. The summed E-state index contributed by atoms with van der Waals surface area (Å²) >= 11 is 9.75. The number of halogens is 2. The maximum absolute atomic E-state index is 6.23. The van der Waals surface area contributed by atoms with E-state index in [-0.39, 0.29) is 0 Å². The minimum absolute atomic E-state index is 0.420. The molecule has 1 aromatic carbocycles. The average molecular weight is 359 g/mol. The summed E-state index contributed by atoms with van der Waals surface area (Å²) in [5.41, 5.74) is 3.06. The van der Waals surface area contributed by atoms with Crippen LogP contribution in [0, 0.1) is 6.92 Å². The van der Waals surface area contributed by atoms with Gasteiger partial charge in [0.2, 0.25) is 0 Å². The summed E-state index contributed by atoms with van der Waals surface area (Å²) in [6.07, 6.45) is 0. The molecule has 0 unspecified atom stereocenters. The average Bonchev–Trinajstić information content (AvgIpc) is 2.64. The van der Waals surface area contributed by atoms with Crippen molar-refractivity contribution in [2.75, 3.05) is 7.05 Å². The van der Waals surface area contributed by atoms with Crippen LogP contribution in [0.3, 0.4) is 0 Å². The molecule has 0 aliphatic heterocycles. The quantitative estimate of drug-likeness (QED) is 0.890. The van der Waals surface area contributed by atoms with Crippen LogP contribution in [-0.4, -0.2) is 16.8 Å². The maximum Gasteiger partial charge on any atom is 0.138 e. The van der Waals surface area contributed by atoms with Crippen molar-refractivity contribution in [2.45, 2.75) is 20.1 Å². The monoisotopic (exact) mass is 357 g/mol. The first-order chi connectivity index (χ1) is 9.52. The first-order valence-corrected chi connectivity index (χ1v) is 7.43. The SMILES string of the molecule is CNCc1ccc(OCc2c(Br)c(C)nn2C)c(Cl)c1. The largest absolute Gasteiger partial charge is 0.486 e. The molecule has 2 aromatic rings. The molecule has 0 bridgehead atoms. The summed E-state index contributed by atoms with van der Waals surface area (Å²) in [6, 6.07) is 5.81. The first-order valence-electron chi connectivity index (χ1n) is 6.26. The highest BCUT2D eigenvalue weighted by atomic mass is 79.9. The molecule has 2 rings (SSSR count). The third kappa shape index (κ3) is 3.34. The predicted octanol–water partition coefficient (Wildman–Crippen LogP) is 3.44. The Hall–Kier alpha value is -1.04. The van der Waals surface area contributed by atoms with Crippen molar-refractivity contribution < 1.29 is 4.74 Å². The highest BCUT2D eigenvalue weighted by Gasteiger charge is 2.12. The van der Waals surface area contributed by atoms with Gasteiger partial charge in [0.05, 0.1) is 20.9 Å². The maximum atomic E-state index is 6.23. The van der Waals surface area contributed by atoms with Crippen LogP contribution in [0.1, 0.15) is 17.0 Å². The van der Waals surface area contributed by atoms with E-state index in [1.807, 2.05) is 43.9 Å². The van der Waals surface area contributed by atoms with Crippen LogP contribution in [0.5, 0.6) is 5.75 Å². The van der Waals surface area contributed by atoms with Crippen LogP contribution >= 0.6 is 27.5 Å². The van der Waals surface area contributed by atoms with Gasteiger partial charge in [0, 0.05) is 13.6 Å². The van der Waals surface area contributed by atoms with E-state index >= 15 is 0 Å². The van der Waals surface area contributed by atoms with Crippen LogP contribution in [0.15, 0.2) is 22.7 Å². The minimum Gasteiger partial charge on any atom is -0.486 e. The second-order valence-corrected chi connectivity index (χ2v) is 5.75. The summed E-state index contributed by atoms with van der Waals surface area (Å²) in [6.45, 7) is 3.16. The van der Waals surface area contributed by atoms with Crippen LogP contribution in [0.4, 0.5) is 0 Å². The Morgan fingerprint density at radius 3 is 2.75 bits per heavy atom. The summed E-state index contributed by atoms with van der Waals surface area (Å²) in [5.74, 6) is 0.678. The fourth-order valence-corrected chi connectivity index (χ4v) is 2.67. The molecule has 1 N–H and O–H groups in total. The Kier molecular flexibility index (Phi) is 5.07. The summed E-state index contributed by atoms with van der Waals surface area (Å²) < 4.78 is 8.57. The van der Waals surface area contributed by atoms with Crippen LogP contribution in [-0.2, 0) is 20.2 Å². The van der Waals surface area contributed by atoms with Gasteiger partial charge in [0.1, 0.15) is 12.4 Å². The van der Waals surface area contributed by atoms with E-state index in [1.54, 1.807) is 0 Å². The fraction of sp³-hybridized carbons (Fsp3) is 0.357. The van der Waals surface area contributed by atoms with E-state index in [2.05, 4.69) is 26.3 Å². The Morgan fingerprint density at radius 2 is 2.20 bits per heavy atom. The molecule has 0 aliphatic rings. The molecule has 6 heteroatoms. The van der Waals surface area contributed by atoms with E-state index in [0.29, 0.717) is 17.4 Å². The van der Waals surface area contributed by atoms with E-state index in [9.17, 15) is 0 Å². The van der Waals surface area contributed by atoms with Crippen LogP contribution in [0.25, 0.3) is 0 Å².